The molecule has 9 heteroatoms. The molecule has 0 bridgehead atoms. The molecule has 4 amide bonds. The lowest BCUT2D eigenvalue weighted by Gasteiger charge is -2.50. The van der Waals surface area contributed by atoms with Crippen molar-refractivity contribution >= 4 is 41.4 Å². The zero-order valence-corrected chi connectivity index (χ0v) is 17.2. The number of Topliss-reactive ketones (excluding diaryl/α,β-unsaturated/α-hetero) is 1. The Hall–Kier alpha value is -3.49. The standard InChI is InChI=1S/C22H21N3O6/c1-23-19(28)22(20(29)24(2)21(23)30)10-13-8-12(9-14-16(26)11-31-18(14)27)5-6-15(13)25-7-3-4-17(22)25/h5-6,8-9,17H,3-4,7,10-11H2,1-2H3. The molecular formula is C22H21N3O6. The van der Waals surface area contributed by atoms with E-state index in [2.05, 4.69) is 4.90 Å². The molecule has 0 saturated carbocycles. The average Bonchev–Trinajstić information content (AvgIpc) is 3.38. The van der Waals surface area contributed by atoms with E-state index < -0.39 is 29.2 Å². The molecular weight excluding hydrogens is 402 g/mol. The fourth-order valence-corrected chi connectivity index (χ4v) is 5.33. The normalized spacial score (nSPS) is 26.1. The minimum atomic E-state index is -1.38. The zero-order valence-electron chi connectivity index (χ0n) is 17.2. The van der Waals surface area contributed by atoms with E-state index in [1.165, 1.54) is 20.2 Å². The number of carbonyl (C=O) groups is 5. The summed E-state index contributed by atoms with van der Waals surface area (Å²) in [4.78, 5) is 67.0. The lowest BCUT2D eigenvalue weighted by atomic mass is 9.68. The molecule has 0 N–H and O–H groups in total. The van der Waals surface area contributed by atoms with Crippen LogP contribution < -0.4 is 4.90 Å². The third kappa shape index (κ3) is 2.52. The summed E-state index contributed by atoms with van der Waals surface area (Å²) >= 11 is 0. The van der Waals surface area contributed by atoms with E-state index in [1.54, 1.807) is 6.07 Å². The Labute approximate surface area is 178 Å². The molecule has 160 valence electrons. The summed E-state index contributed by atoms with van der Waals surface area (Å²) in [5.41, 5.74) is 0.915. The predicted molar refractivity (Wildman–Crippen MR) is 108 cm³/mol. The second-order valence-corrected chi connectivity index (χ2v) is 8.46. The number of hydrogen-bond donors (Lipinski definition) is 0. The highest BCUT2D eigenvalue weighted by atomic mass is 16.5. The van der Waals surface area contributed by atoms with E-state index in [9.17, 15) is 24.0 Å². The van der Waals surface area contributed by atoms with Gasteiger partial charge in [0.05, 0.1) is 6.04 Å². The van der Waals surface area contributed by atoms with Gasteiger partial charge in [0, 0.05) is 26.3 Å². The number of ether oxygens (including phenoxy) is 1. The van der Waals surface area contributed by atoms with Crippen LogP contribution in [0.5, 0.6) is 0 Å². The van der Waals surface area contributed by atoms with Gasteiger partial charge in [-0.3, -0.25) is 24.2 Å². The molecule has 31 heavy (non-hydrogen) atoms. The molecule has 4 aliphatic heterocycles. The molecule has 1 spiro atoms. The minimum absolute atomic E-state index is 0.0144. The number of cyclic esters (lactones) is 1. The first-order chi connectivity index (χ1) is 14.8. The van der Waals surface area contributed by atoms with Crippen molar-refractivity contribution in [1.29, 1.82) is 0 Å². The molecule has 0 aliphatic carbocycles. The Morgan fingerprint density at radius 1 is 1.06 bits per heavy atom. The van der Waals surface area contributed by atoms with Gasteiger partial charge in [-0.2, -0.15) is 0 Å². The van der Waals surface area contributed by atoms with Gasteiger partial charge in [-0.1, -0.05) is 6.07 Å². The first-order valence-corrected chi connectivity index (χ1v) is 10.2. The number of hydrogen-bond acceptors (Lipinski definition) is 7. The van der Waals surface area contributed by atoms with E-state index in [1.807, 2.05) is 12.1 Å². The summed E-state index contributed by atoms with van der Waals surface area (Å²) in [6.07, 6.45) is 3.14. The number of esters is 1. The van der Waals surface area contributed by atoms with Crippen molar-refractivity contribution in [2.24, 2.45) is 5.41 Å². The Bertz CT molecular complexity index is 1060. The maximum atomic E-state index is 13.4. The van der Waals surface area contributed by atoms with E-state index in [0.717, 1.165) is 27.5 Å². The number of carbonyl (C=O) groups excluding carboxylic acids is 5. The van der Waals surface area contributed by atoms with Crippen LogP contribution in [0.3, 0.4) is 0 Å². The third-order valence-electron chi connectivity index (χ3n) is 6.82. The van der Waals surface area contributed by atoms with Crippen molar-refractivity contribution < 1.29 is 28.7 Å². The maximum absolute atomic E-state index is 13.4. The quantitative estimate of drug-likeness (QED) is 0.284. The van der Waals surface area contributed by atoms with Crippen LogP contribution in [0.4, 0.5) is 10.5 Å². The van der Waals surface area contributed by atoms with E-state index in [0.29, 0.717) is 18.5 Å². The highest BCUT2D eigenvalue weighted by molar-refractivity contribution is 6.25. The number of rotatable bonds is 1. The Kier molecular flexibility index (Phi) is 4.08. The van der Waals surface area contributed by atoms with Crippen LogP contribution in [0.15, 0.2) is 23.8 Å². The zero-order chi connectivity index (χ0) is 22.1. The first kappa shape index (κ1) is 19.5. The number of ketones is 1. The number of nitrogens with zero attached hydrogens (tertiary/aromatic N) is 3. The smallest absolute Gasteiger partial charge is 0.342 e. The van der Waals surface area contributed by atoms with Crippen molar-refractivity contribution in [3.8, 4) is 0 Å². The van der Waals surface area contributed by atoms with Crippen LogP contribution in [-0.2, 0) is 30.3 Å². The van der Waals surface area contributed by atoms with Crippen molar-refractivity contribution in [1.82, 2.24) is 9.80 Å². The number of barbiturate groups is 1. The molecule has 1 unspecified atom stereocenters. The number of imide groups is 2. The molecule has 1 atom stereocenters. The molecule has 5 rings (SSSR count). The van der Waals surface area contributed by atoms with Crippen LogP contribution in [-0.4, -0.2) is 72.7 Å². The largest absolute Gasteiger partial charge is 0.454 e. The van der Waals surface area contributed by atoms with Gasteiger partial charge in [-0.25, -0.2) is 9.59 Å². The first-order valence-electron chi connectivity index (χ1n) is 10.2. The van der Waals surface area contributed by atoms with Crippen molar-refractivity contribution in [3.05, 3.63) is 34.9 Å². The molecule has 9 nitrogen and oxygen atoms in total. The highest BCUT2D eigenvalue weighted by Crippen LogP contribution is 2.49. The van der Waals surface area contributed by atoms with Crippen LogP contribution in [0.25, 0.3) is 6.08 Å². The van der Waals surface area contributed by atoms with E-state index in [-0.39, 0.29) is 30.4 Å². The average molecular weight is 423 g/mol. The fraction of sp³-hybridized carbons (Fsp3) is 0.409. The molecule has 0 aromatic heterocycles. The Morgan fingerprint density at radius 2 is 1.77 bits per heavy atom. The minimum Gasteiger partial charge on any atom is -0.454 e. The number of fused-ring (bicyclic) bond motifs is 4. The molecule has 3 saturated heterocycles. The summed E-state index contributed by atoms with van der Waals surface area (Å²) in [5.74, 6) is -2.00. The van der Waals surface area contributed by atoms with Gasteiger partial charge in [0.15, 0.2) is 12.0 Å². The van der Waals surface area contributed by atoms with E-state index in [4.69, 9.17) is 4.74 Å². The van der Waals surface area contributed by atoms with Gasteiger partial charge >= 0.3 is 12.0 Å². The Morgan fingerprint density at radius 3 is 2.42 bits per heavy atom. The Balaban J connectivity index is 1.63. The third-order valence-corrected chi connectivity index (χ3v) is 6.82. The maximum Gasteiger partial charge on any atom is 0.342 e. The number of urea groups is 1. The SMILES string of the molecule is CN1C(=O)N(C)C(=O)C2(Cc3cc(C=C4C(=O)COC4=O)ccc3N3CCCC32)C1=O. The van der Waals surface area contributed by atoms with Crippen molar-refractivity contribution in [3.63, 3.8) is 0 Å². The van der Waals surface area contributed by atoms with Crippen LogP contribution >= 0.6 is 0 Å². The van der Waals surface area contributed by atoms with Crippen molar-refractivity contribution in [2.45, 2.75) is 25.3 Å². The van der Waals surface area contributed by atoms with Crippen LogP contribution in [0.2, 0.25) is 0 Å². The summed E-state index contributed by atoms with van der Waals surface area (Å²) in [6, 6.07) is 4.55. The van der Waals surface area contributed by atoms with E-state index >= 15 is 0 Å². The number of amides is 4. The molecule has 4 aliphatic rings. The van der Waals surface area contributed by atoms with Gasteiger partial charge in [0.25, 0.3) is 0 Å². The number of anilines is 1. The van der Waals surface area contributed by atoms with Crippen molar-refractivity contribution in [2.75, 3.05) is 32.1 Å². The molecule has 1 aromatic carbocycles. The molecule has 4 heterocycles. The molecule has 0 radical (unpaired) electrons. The highest BCUT2D eigenvalue weighted by Gasteiger charge is 2.63. The second-order valence-electron chi connectivity index (χ2n) is 8.46. The topological polar surface area (TPSA) is 104 Å². The van der Waals surface area contributed by atoms with Gasteiger partial charge < -0.3 is 9.64 Å². The second kappa shape index (κ2) is 6.50. The summed E-state index contributed by atoms with van der Waals surface area (Å²) in [6.45, 7) is 0.441. The predicted octanol–water partition coefficient (Wildman–Crippen LogP) is 0.758. The van der Waals surface area contributed by atoms with Crippen LogP contribution in [0, 0.1) is 5.41 Å². The number of benzene rings is 1. The summed E-state index contributed by atoms with van der Waals surface area (Å²) in [7, 11) is 2.81. The molecule has 3 fully saturated rings. The van der Waals surface area contributed by atoms with Gasteiger partial charge in [0.1, 0.15) is 5.57 Å². The summed E-state index contributed by atoms with van der Waals surface area (Å²) in [5, 5.41) is 0. The summed E-state index contributed by atoms with van der Waals surface area (Å²) < 4.78 is 4.77. The van der Waals surface area contributed by atoms with Crippen LogP contribution in [0.1, 0.15) is 24.0 Å². The fourth-order valence-electron chi connectivity index (χ4n) is 5.33. The van der Waals surface area contributed by atoms with Gasteiger partial charge in [-0.05, 0) is 48.6 Å². The monoisotopic (exact) mass is 423 g/mol. The lowest BCUT2D eigenvalue weighted by molar-refractivity contribution is -0.159. The lowest BCUT2D eigenvalue weighted by Crippen LogP contribution is -2.70. The van der Waals surface area contributed by atoms with Gasteiger partial charge in [0.2, 0.25) is 17.6 Å². The van der Waals surface area contributed by atoms with Gasteiger partial charge in [-0.15, -0.1) is 0 Å². The molecule has 1 aromatic rings.